The SMILES string of the molecule is O=Cc1c(O)cc(C2CCC2)cc1O. The van der Waals surface area contributed by atoms with Crippen LogP contribution in [0.15, 0.2) is 12.1 Å². The third-order valence-electron chi connectivity index (χ3n) is 2.85. The molecular formula is C11H12O3. The number of aldehydes is 1. The Morgan fingerprint density at radius 1 is 1.21 bits per heavy atom. The fraction of sp³-hybridized carbons (Fsp3) is 0.364. The molecular weight excluding hydrogens is 180 g/mol. The van der Waals surface area contributed by atoms with Crippen molar-refractivity contribution in [2.75, 3.05) is 0 Å². The van der Waals surface area contributed by atoms with Gasteiger partial charge in [0.15, 0.2) is 6.29 Å². The first-order valence-electron chi connectivity index (χ1n) is 4.73. The summed E-state index contributed by atoms with van der Waals surface area (Å²) in [6.07, 6.45) is 3.86. The summed E-state index contributed by atoms with van der Waals surface area (Å²) >= 11 is 0. The van der Waals surface area contributed by atoms with E-state index in [9.17, 15) is 15.0 Å². The quantitative estimate of drug-likeness (QED) is 0.706. The van der Waals surface area contributed by atoms with E-state index in [4.69, 9.17) is 0 Å². The monoisotopic (exact) mass is 192 g/mol. The van der Waals surface area contributed by atoms with Crippen molar-refractivity contribution < 1.29 is 15.0 Å². The van der Waals surface area contributed by atoms with Gasteiger partial charge in [-0.2, -0.15) is 0 Å². The molecule has 3 nitrogen and oxygen atoms in total. The largest absolute Gasteiger partial charge is 0.507 e. The van der Waals surface area contributed by atoms with E-state index in [0.717, 1.165) is 18.4 Å². The summed E-state index contributed by atoms with van der Waals surface area (Å²) in [6, 6.07) is 3.15. The van der Waals surface area contributed by atoms with Crippen molar-refractivity contribution in [3.05, 3.63) is 23.3 Å². The molecule has 0 unspecified atom stereocenters. The molecule has 0 aliphatic heterocycles. The Hall–Kier alpha value is -1.51. The van der Waals surface area contributed by atoms with E-state index >= 15 is 0 Å². The first-order chi connectivity index (χ1) is 6.72. The summed E-state index contributed by atoms with van der Waals surface area (Å²) < 4.78 is 0. The van der Waals surface area contributed by atoms with Crippen LogP contribution in [0.1, 0.15) is 41.1 Å². The van der Waals surface area contributed by atoms with Crippen LogP contribution in [0.25, 0.3) is 0 Å². The normalized spacial score (nSPS) is 16.3. The van der Waals surface area contributed by atoms with Crippen molar-refractivity contribution in [1.82, 2.24) is 0 Å². The number of hydrogen-bond acceptors (Lipinski definition) is 3. The molecule has 0 bridgehead atoms. The molecule has 0 heterocycles. The molecule has 0 aromatic heterocycles. The molecule has 0 atom stereocenters. The molecule has 1 fully saturated rings. The van der Waals surface area contributed by atoms with Crippen molar-refractivity contribution in [3.63, 3.8) is 0 Å². The summed E-state index contributed by atoms with van der Waals surface area (Å²) in [7, 11) is 0. The highest BCUT2D eigenvalue weighted by molar-refractivity contribution is 5.83. The zero-order valence-electron chi connectivity index (χ0n) is 7.73. The minimum absolute atomic E-state index is 0.0203. The van der Waals surface area contributed by atoms with Gasteiger partial charge in [-0.25, -0.2) is 0 Å². The highest BCUT2D eigenvalue weighted by Crippen LogP contribution is 2.40. The van der Waals surface area contributed by atoms with E-state index in [-0.39, 0.29) is 17.1 Å². The van der Waals surface area contributed by atoms with Gasteiger partial charge in [-0.05, 0) is 36.5 Å². The van der Waals surface area contributed by atoms with Gasteiger partial charge in [-0.15, -0.1) is 0 Å². The van der Waals surface area contributed by atoms with Gasteiger partial charge in [-0.1, -0.05) is 6.42 Å². The number of aromatic hydroxyl groups is 2. The average Bonchev–Trinajstić information content (AvgIpc) is 2.00. The molecule has 3 heteroatoms. The van der Waals surface area contributed by atoms with Crippen molar-refractivity contribution in [3.8, 4) is 11.5 Å². The number of carbonyl (C=O) groups is 1. The van der Waals surface area contributed by atoms with Gasteiger partial charge in [0.2, 0.25) is 0 Å². The maximum Gasteiger partial charge on any atom is 0.157 e. The fourth-order valence-corrected chi connectivity index (χ4v) is 1.74. The summed E-state index contributed by atoms with van der Waals surface area (Å²) in [4.78, 5) is 10.5. The van der Waals surface area contributed by atoms with E-state index in [1.54, 1.807) is 12.1 Å². The van der Waals surface area contributed by atoms with Crippen LogP contribution in [-0.4, -0.2) is 16.5 Å². The third kappa shape index (κ3) is 1.35. The van der Waals surface area contributed by atoms with Crippen molar-refractivity contribution in [2.45, 2.75) is 25.2 Å². The maximum absolute atomic E-state index is 10.5. The van der Waals surface area contributed by atoms with Crippen LogP contribution >= 0.6 is 0 Å². The molecule has 1 aromatic carbocycles. The van der Waals surface area contributed by atoms with Gasteiger partial charge in [0, 0.05) is 0 Å². The Bertz CT molecular complexity index is 344. The Kier molecular flexibility index (Phi) is 2.15. The Balaban J connectivity index is 2.40. The summed E-state index contributed by atoms with van der Waals surface area (Å²) in [6.45, 7) is 0. The zero-order chi connectivity index (χ0) is 10.1. The van der Waals surface area contributed by atoms with E-state index in [0.29, 0.717) is 12.2 Å². The van der Waals surface area contributed by atoms with Crippen molar-refractivity contribution in [2.24, 2.45) is 0 Å². The standard InChI is InChI=1S/C11H12O3/c12-6-9-10(13)4-8(5-11(9)14)7-2-1-3-7/h4-7,13-14H,1-3H2. The number of rotatable bonds is 2. The molecule has 0 spiro atoms. The van der Waals surface area contributed by atoms with Crippen LogP contribution in [0.4, 0.5) is 0 Å². The fourth-order valence-electron chi connectivity index (χ4n) is 1.74. The smallest absolute Gasteiger partial charge is 0.157 e. The molecule has 1 aromatic rings. The lowest BCUT2D eigenvalue weighted by molar-refractivity contribution is 0.111. The molecule has 74 valence electrons. The first kappa shape index (κ1) is 9.06. The minimum atomic E-state index is -0.123. The van der Waals surface area contributed by atoms with Crippen LogP contribution < -0.4 is 0 Å². The molecule has 1 aliphatic carbocycles. The minimum Gasteiger partial charge on any atom is -0.507 e. The summed E-state index contributed by atoms with van der Waals surface area (Å²) in [5.41, 5.74) is 0.907. The number of benzene rings is 1. The van der Waals surface area contributed by atoms with E-state index < -0.39 is 0 Å². The van der Waals surface area contributed by atoms with Crippen LogP contribution in [-0.2, 0) is 0 Å². The molecule has 2 rings (SSSR count). The lowest BCUT2D eigenvalue weighted by Gasteiger charge is -2.26. The van der Waals surface area contributed by atoms with Gasteiger partial charge in [0.1, 0.15) is 11.5 Å². The molecule has 0 amide bonds. The van der Waals surface area contributed by atoms with Gasteiger partial charge in [-0.3, -0.25) is 4.79 Å². The van der Waals surface area contributed by atoms with Gasteiger partial charge < -0.3 is 10.2 Å². The highest BCUT2D eigenvalue weighted by atomic mass is 16.3. The number of phenols is 2. The van der Waals surface area contributed by atoms with E-state index in [1.807, 2.05) is 0 Å². The van der Waals surface area contributed by atoms with Crippen LogP contribution in [0.2, 0.25) is 0 Å². The maximum atomic E-state index is 10.5. The van der Waals surface area contributed by atoms with Gasteiger partial charge in [0.25, 0.3) is 0 Å². The third-order valence-corrected chi connectivity index (χ3v) is 2.85. The second kappa shape index (κ2) is 3.33. The highest BCUT2D eigenvalue weighted by Gasteiger charge is 2.21. The molecule has 14 heavy (non-hydrogen) atoms. The molecule has 0 saturated heterocycles. The van der Waals surface area contributed by atoms with Crippen LogP contribution in [0.3, 0.4) is 0 Å². The van der Waals surface area contributed by atoms with Crippen LogP contribution in [0, 0.1) is 0 Å². The van der Waals surface area contributed by atoms with Crippen molar-refractivity contribution >= 4 is 6.29 Å². The second-order valence-electron chi connectivity index (χ2n) is 3.72. The summed E-state index contributed by atoms with van der Waals surface area (Å²) in [5, 5.41) is 18.9. The Labute approximate surface area is 82.0 Å². The molecule has 1 saturated carbocycles. The molecule has 2 N–H and O–H groups in total. The lowest BCUT2D eigenvalue weighted by atomic mass is 9.79. The summed E-state index contributed by atoms with van der Waals surface area (Å²) in [5.74, 6) is 0.191. The van der Waals surface area contributed by atoms with Gasteiger partial charge >= 0.3 is 0 Å². The van der Waals surface area contributed by atoms with E-state index in [2.05, 4.69) is 0 Å². The second-order valence-corrected chi connectivity index (χ2v) is 3.72. The Morgan fingerprint density at radius 3 is 2.14 bits per heavy atom. The molecule has 1 aliphatic rings. The van der Waals surface area contributed by atoms with Crippen molar-refractivity contribution in [1.29, 1.82) is 0 Å². The molecule has 0 radical (unpaired) electrons. The number of hydrogen-bond donors (Lipinski definition) is 2. The zero-order valence-corrected chi connectivity index (χ0v) is 7.73. The van der Waals surface area contributed by atoms with Gasteiger partial charge in [0.05, 0.1) is 5.56 Å². The number of carbonyl (C=O) groups excluding carboxylic acids is 1. The predicted molar refractivity (Wildman–Crippen MR) is 51.8 cm³/mol. The first-order valence-corrected chi connectivity index (χ1v) is 4.73. The average molecular weight is 192 g/mol. The predicted octanol–water partition coefficient (Wildman–Crippen LogP) is 2.18. The number of phenolic OH excluding ortho intramolecular Hbond substituents is 2. The lowest BCUT2D eigenvalue weighted by Crippen LogP contribution is -2.08. The Morgan fingerprint density at radius 2 is 1.79 bits per heavy atom. The topological polar surface area (TPSA) is 57.5 Å². The van der Waals surface area contributed by atoms with E-state index in [1.165, 1.54) is 6.42 Å². The van der Waals surface area contributed by atoms with Crippen LogP contribution in [0.5, 0.6) is 11.5 Å².